The number of aryl methyl sites for hydroxylation is 2. The minimum atomic E-state index is -0.323. The van der Waals surface area contributed by atoms with Crippen LogP contribution in [0.5, 0.6) is 0 Å². The molecule has 3 rings (SSSR count). The molecule has 0 spiro atoms. The minimum Gasteiger partial charge on any atom is -0.423 e. The number of fused-ring (bicyclic) bond motifs is 1. The van der Waals surface area contributed by atoms with Crippen LogP contribution in [0.2, 0.25) is 0 Å². The molecule has 2 atom stereocenters. The van der Waals surface area contributed by atoms with Gasteiger partial charge in [-0.15, -0.1) is 0 Å². The number of nitrogens with zero attached hydrogens (tertiary/aromatic N) is 1. The summed E-state index contributed by atoms with van der Waals surface area (Å²) in [5.41, 5.74) is 3.56. The van der Waals surface area contributed by atoms with Crippen molar-refractivity contribution in [1.82, 2.24) is 4.90 Å². The second-order valence-corrected chi connectivity index (χ2v) is 6.47. The van der Waals surface area contributed by atoms with Crippen LogP contribution in [0.25, 0.3) is 11.0 Å². The first-order chi connectivity index (χ1) is 11.0. The maximum atomic E-state index is 11.9. The Morgan fingerprint density at radius 2 is 1.96 bits per heavy atom. The third kappa shape index (κ3) is 3.47. The topological polar surface area (TPSA) is 62.9 Å². The van der Waals surface area contributed by atoms with Gasteiger partial charge in [-0.3, -0.25) is 4.90 Å². The van der Waals surface area contributed by atoms with Gasteiger partial charge in [-0.2, -0.15) is 0 Å². The fourth-order valence-electron chi connectivity index (χ4n) is 3.23. The molecule has 0 aliphatic carbocycles. The van der Waals surface area contributed by atoms with Crippen LogP contribution in [0.4, 0.5) is 0 Å². The summed E-state index contributed by atoms with van der Waals surface area (Å²) in [6.45, 7) is 8.17. The Morgan fingerprint density at radius 1 is 1.22 bits per heavy atom. The fraction of sp³-hybridized carbons (Fsp3) is 0.500. The molecule has 1 fully saturated rings. The number of hydrogen-bond donors (Lipinski definition) is 1. The molecule has 5 heteroatoms. The highest BCUT2D eigenvalue weighted by molar-refractivity contribution is 5.81. The van der Waals surface area contributed by atoms with Gasteiger partial charge in [0.15, 0.2) is 0 Å². The van der Waals surface area contributed by atoms with Crippen molar-refractivity contribution in [3.63, 3.8) is 0 Å². The third-order valence-electron chi connectivity index (χ3n) is 4.44. The molecule has 1 N–H and O–H groups in total. The maximum Gasteiger partial charge on any atom is 0.336 e. The van der Waals surface area contributed by atoms with Crippen molar-refractivity contribution >= 4 is 11.0 Å². The molecule has 2 aromatic rings. The predicted octanol–water partition coefficient (Wildman–Crippen LogP) is 1.99. The van der Waals surface area contributed by atoms with E-state index in [1.54, 1.807) is 6.07 Å². The molecule has 0 unspecified atom stereocenters. The highest BCUT2D eigenvalue weighted by Crippen LogP contribution is 2.23. The van der Waals surface area contributed by atoms with E-state index in [9.17, 15) is 9.90 Å². The summed E-state index contributed by atoms with van der Waals surface area (Å²) in [7, 11) is 0. The van der Waals surface area contributed by atoms with Crippen LogP contribution in [-0.2, 0) is 11.3 Å². The van der Waals surface area contributed by atoms with Crippen molar-refractivity contribution in [3.05, 3.63) is 45.3 Å². The molecule has 2 heterocycles. The van der Waals surface area contributed by atoms with Crippen LogP contribution < -0.4 is 5.63 Å². The van der Waals surface area contributed by atoms with Crippen LogP contribution >= 0.6 is 0 Å². The van der Waals surface area contributed by atoms with Crippen LogP contribution in [0, 0.1) is 13.8 Å². The Balaban J connectivity index is 1.96. The van der Waals surface area contributed by atoms with Gasteiger partial charge in [-0.1, -0.05) is 0 Å². The molecular weight excluding hydrogens is 294 g/mol. The fourth-order valence-corrected chi connectivity index (χ4v) is 3.23. The van der Waals surface area contributed by atoms with E-state index in [-0.39, 0.29) is 24.4 Å². The van der Waals surface area contributed by atoms with Gasteiger partial charge in [0.05, 0.1) is 18.8 Å². The van der Waals surface area contributed by atoms with Gasteiger partial charge in [0.2, 0.25) is 0 Å². The Morgan fingerprint density at radius 3 is 2.70 bits per heavy atom. The van der Waals surface area contributed by atoms with Crippen LogP contribution in [0.15, 0.2) is 27.4 Å². The number of aliphatic hydroxyl groups excluding tert-OH is 1. The molecule has 0 bridgehead atoms. The molecule has 1 aromatic heterocycles. The number of aliphatic hydroxyl groups is 1. The summed E-state index contributed by atoms with van der Waals surface area (Å²) in [5.74, 6) is 0. The monoisotopic (exact) mass is 317 g/mol. The number of rotatable bonds is 3. The molecule has 0 radical (unpaired) electrons. The molecule has 1 aromatic carbocycles. The first-order valence-electron chi connectivity index (χ1n) is 7.99. The molecule has 1 aliphatic rings. The minimum absolute atomic E-state index is 0.0107. The average Bonchev–Trinajstić information content (AvgIpc) is 2.48. The number of hydrogen-bond acceptors (Lipinski definition) is 5. The zero-order valence-electron chi connectivity index (χ0n) is 13.8. The molecule has 0 saturated carbocycles. The van der Waals surface area contributed by atoms with Gasteiger partial charge in [0, 0.05) is 31.1 Å². The van der Waals surface area contributed by atoms with Gasteiger partial charge in [0.1, 0.15) is 5.58 Å². The highest BCUT2D eigenvalue weighted by atomic mass is 16.5. The lowest BCUT2D eigenvalue weighted by atomic mass is 10.0. The molecule has 1 saturated heterocycles. The van der Waals surface area contributed by atoms with E-state index < -0.39 is 0 Å². The average molecular weight is 317 g/mol. The first-order valence-corrected chi connectivity index (χ1v) is 7.99. The SMILES string of the molecule is Cc1cc2oc(=O)cc(CN3C[C@@H](CO)O[C@H](C)C3)c2cc1C. The molecule has 5 nitrogen and oxygen atoms in total. The first kappa shape index (κ1) is 16.2. The molecule has 0 amide bonds. The Bertz CT molecular complexity index is 767. The highest BCUT2D eigenvalue weighted by Gasteiger charge is 2.25. The normalized spacial score (nSPS) is 22.6. The van der Waals surface area contributed by atoms with E-state index in [1.165, 1.54) is 5.56 Å². The van der Waals surface area contributed by atoms with Gasteiger partial charge in [-0.25, -0.2) is 4.79 Å². The van der Waals surface area contributed by atoms with E-state index in [0.29, 0.717) is 18.7 Å². The predicted molar refractivity (Wildman–Crippen MR) is 88.7 cm³/mol. The lowest BCUT2D eigenvalue weighted by Crippen LogP contribution is -2.47. The van der Waals surface area contributed by atoms with Gasteiger partial charge in [-0.05, 0) is 49.6 Å². The van der Waals surface area contributed by atoms with Gasteiger partial charge in [0.25, 0.3) is 0 Å². The summed E-state index contributed by atoms with van der Waals surface area (Å²) in [6.07, 6.45) is -0.106. The molecular formula is C18H23NO4. The summed E-state index contributed by atoms with van der Waals surface area (Å²) >= 11 is 0. The Labute approximate surface area is 135 Å². The number of ether oxygens (including phenoxy) is 1. The van der Waals surface area contributed by atoms with Crippen molar-refractivity contribution in [3.8, 4) is 0 Å². The summed E-state index contributed by atoms with van der Waals surface area (Å²) in [4.78, 5) is 14.1. The Kier molecular flexibility index (Phi) is 4.53. The van der Waals surface area contributed by atoms with Gasteiger partial charge >= 0.3 is 5.63 Å². The van der Waals surface area contributed by atoms with E-state index in [2.05, 4.69) is 17.9 Å². The summed E-state index contributed by atoms with van der Waals surface area (Å²) < 4.78 is 11.0. The molecule has 124 valence electrons. The van der Waals surface area contributed by atoms with Crippen LogP contribution in [0.3, 0.4) is 0 Å². The standard InChI is InChI=1S/C18H23NO4/c1-11-4-16-14(6-18(21)23-17(16)5-12(11)2)8-19-7-13(3)22-15(9-19)10-20/h4-6,13,15,20H,7-10H2,1-3H3/t13-,15+/m1/s1. The smallest absolute Gasteiger partial charge is 0.336 e. The second-order valence-electron chi connectivity index (χ2n) is 6.47. The zero-order valence-corrected chi connectivity index (χ0v) is 13.8. The number of benzene rings is 1. The van der Waals surface area contributed by atoms with Crippen molar-refractivity contribution < 1.29 is 14.3 Å². The van der Waals surface area contributed by atoms with E-state index in [1.807, 2.05) is 19.9 Å². The molecule has 1 aliphatic heterocycles. The van der Waals surface area contributed by atoms with E-state index in [0.717, 1.165) is 23.1 Å². The van der Waals surface area contributed by atoms with E-state index >= 15 is 0 Å². The molecule has 23 heavy (non-hydrogen) atoms. The van der Waals surface area contributed by atoms with E-state index in [4.69, 9.17) is 9.15 Å². The number of morpholine rings is 1. The second kappa shape index (κ2) is 6.43. The van der Waals surface area contributed by atoms with Crippen LogP contribution in [0.1, 0.15) is 23.6 Å². The largest absolute Gasteiger partial charge is 0.423 e. The Hall–Kier alpha value is -1.69. The lowest BCUT2D eigenvalue weighted by Gasteiger charge is -2.36. The zero-order chi connectivity index (χ0) is 16.6. The van der Waals surface area contributed by atoms with Crippen LogP contribution in [-0.4, -0.2) is 41.9 Å². The maximum absolute atomic E-state index is 11.9. The summed E-state index contributed by atoms with van der Waals surface area (Å²) in [5, 5.41) is 10.3. The van der Waals surface area contributed by atoms with Crippen molar-refractivity contribution in [2.75, 3.05) is 19.7 Å². The lowest BCUT2D eigenvalue weighted by molar-refractivity contribution is -0.0971. The quantitative estimate of drug-likeness (QED) is 0.877. The third-order valence-corrected chi connectivity index (χ3v) is 4.44. The van der Waals surface area contributed by atoms with Crippen molar-refractivity contribution in [2.45, 2.75) is 39.5 Å². The van der Waals surface area contributed by atoms with Gasteiger partial charge < -0.3 is 14.3 Å². The summed E-state index contributed by atoms with van der Waals surface area (Å²) in [6, 6.07) is 5.58. The van der Waals surface area contributed by atoms with Crippen molar-refractivity contribution in [1.29, 1.82) is 0 Å². The van der Waals surface area contributed by atoms with Crippen molar-refractivity contribution in [2.24, 2.45) is 0 Å².